The number of nitro benzene ring substituents is 1. The maximum Gasteiger partial charge on any atom is 0.335 e. The lowest BCUT2D eigenvalue weighted by molar-refractivity contribution is -0.385. The fraction of sp³-hybridized carbons (Fsp3) is 0.538. The summed E-state index contributed by atoms with van der Waals surface area (Å²) in [5, 5.41) is 11.1. The van der Waals surface area contributed by atoms with Gasteiger partial charge in [-0.15, -0.1) is 0 Å². The van der Waals surface area contributed by atoms with Crippen molar-refractivity contribution in [3.8, 4) is 5.75 Å². The molecule has 1 atom stereocenters. The van der Waals surface area contributed by atoms with Crippen molar-refractivity contribution >= 4 is 11.4 Å². The fourth-order valence-electron chi connectivity index (χ4n) is 2.48. The van der Waals surface area contributed by atoms with Crippen LogP contribution in [0.25, 0.3) is 0 Å². The molecule has 3 N–H and O–H groups in total. The summed E-state index contributed by atoms with van der Waals surface area (Å²) >= 11 is 0. The molecule has 0 radical (unpaired) electrons. The van der Waals surface area contributed by atoms with Gasteiger partial charge in [-0.1, -0.05) is 12.5 Å². The first-order valence-corrected chi connectivity index (χ1v) is 6.70. The number of nitrogens with one attached hydrogen (secondary N) is 1. The molecule has 7 heteroatoms. The van der Waals surface area contributed by atoms with Gasteiger partial charge in [0.25, 0.3) is 0 Å². The summed E-state index contributed by atoms with van der Waals surface area (Å²) in [6, 6.07) is 5.14. The summed E-state index contributed by atoms with van der Waals surface area (Å²) in [6.07, 6.45) is 3.42. The van der Waals surface area contributed by atoms with E-state index in [0.717, 1.165) is 13.0 Å². The number of nitrogens with zero attached hydrogens (tertiary/aromatic N) is 2. The van der Waals surface area contributed by atoms with Crippen molar-refractivity contribution in [2.75, 3.05) is 25.6 Å². The zero-order valence-corrected chi connectivity index (χ0v) is 11.5. The maximum atomic E-state index is 11.1. The molecule has 1 aliphatic heterocycles. The number of hydrogen-bond donors (Lipinski definition) is 2. The quantitative estimate of drug-likeness (QED) is 0.485. The molecular weight excluding hydrogens is 260 g/mol. The van der Waals surface area contributed by atoms with E-state index in [2.05, 4.69) is 17.4 Å². The second kappa shape index (κ2) is 6.53. The van der Waals surface area contributed by atoms with Crippen molar-refractivity contribution in [1.82, 2.24) is 4.90 Å². The van der Waals surface area contributed by atoms with Gasteiger partial charge < -0.3 is 15.1 Å². The number of nitrogen functional groups attached to an aromatic ring is 1. The SMILES string of the molecule is CN1CCCCC1COc1cccc(NN)c1[N+](=O)[O-]. The van der Waals surface area contributed by atoms with Crippen LogP contribution in [0, 0.1) is 10.1 Å². The van der Waals surface area contributed by atoms with Gasteiger partial charge in [0.15, 0.2) is 5.75 Å². The van der Waals surface area contributed by atoms with Crippen LogP contribution in [0.3, 0.4) is 0 Å². The second-order valence-electron chi connectivity index (χ2n) is 4.99. The molecule has 0 aromatic heterocycles. The van der Waals surface area contributed by atoms with Crippen molar-refractivity contribution in [3.05, 3.63) is 28.3 Å². The highest BCUT2D eigenvalue weighted by molar-refractivity contribution is 5.67. The number of benzene rings is 1. The van der Waals surface area contributed by atoms with Crippen LogP contribution in [-0.4, -0.2) is 36.1 Å². The topological polar surface area (TPSA) is 93.7 Å². The minimum Gasteiger partial charge on any atom is -0.485 e. The van der Waals surface area contributed by atoms with Crippen molar-refractivity contribution < 1.29 is 9.66 Å². The van der Waals surface area contributed by atoms with Gasteiger partial charge in [-0.3, -0.25) is 16.0 Å². The number of para-hydroxylation sites is 1. The van der Waals surface area contributed by atoms with Gasteiger partial charge in [-0.25, -0.2) is 0 Å². The number of likely N-dealkylation sites (N-methyl/N-ethyl adjacent to an activating group) is 1. The Morgan fingerprint density at radius 1 is 1.55 bits per heavy atom. The first-order chi connectivity index (χ1) is 9.63. The molecule has 0 bridgehead atoms. The Morgan fingerprint density at radius 2 is 2.35 bits per heavy atom. The fourth-order valence-corrected chi connectivity index (χ4v) is 2.48. The molecule has 0 aliphatic carbocycles. The lowest BCUT2D eigenvalue weighted by atomic mass is 10.0. The molecule has 7 nitrogen and oxygen atoms in total. The highest BCUT2D eigenvalue weighted by Crippen LogP contribution is 2.34. The first-order valence-electron chi connectivity index (χ1n) is 6.70. The monoisotopic (exact) mass is 280 g/mol. The van der Waals surface area contributed by atoms with E-state index < -0.39 is 4.92 Å². The highest BCUT2D eigenvalue weighted by Gasteiger charge is 2.24. The molecule has 1 heterocycles. The summed E-state index contributed by atoms with van der Waals surface area (Å²) in [5.41, 5.74) is 2.47. The zero-order valence-electron chi connectivity index (χ0n) is 11.5. The standard InChI is InChI=1S/C13H20N4O3/c1-16-8-3-2-5-10(16)9-20-12-7-4-6-11(15-14)13(12)17(18)19/h4,6-7,10,15H,2-3,5,8-9,14H2,1H3. The van der Waals surface area contributed by atoms with Gasteiger partial charge in [0, 0.05) is 6.04 Å². The Hall–Kier alpha value is -1.86. The number of nitrogens with two attached hydrogens (primary N) is 1. The van der Waals surface area contributed by atoms with Gasteiger partial charge in [-0.05, 0) is 38.6 Å². The number of ether oxygens (including phenoxy) is 1. The third kappa shape index (κ3) is 3.17. The van der Waals surface area contributed by atoms with E-state index in [1.54, 1.807) is 18.2 Å². The Balaban J connectivity index is 2.10. The Bertz CT molecular complexity index is 481. The van der Waals surface area contributed by atoms with E-state index in [4.69, 9.17) is 10.6 Å². The third-order valence-corrected chi connectivity index (χ3v) is 3.69. The van der Waals surface area contributed by atoms with Crippen LogP contribution in [0.2, 0.25) is 0 Å². The highest BCUT2D eigenvalue weighted by atomic mass is 16.6. The van der Waals surface area contributed by atoms with E-state index in [0.29, 0.717) is 12.6 Å². The van der Waals surface area contributed by atoms with E-state index in [9.17, 15) is 10.1 Å². The third-order valence-electron chi connectivity index (χ3n) is 3.69. The molecule has 20 heavy (non-hydrogen) atoms. The van der Waals surface area contributed by atoms with Gasteiger partial charge in [0.1, 0.15) is 12.3 Å². The summed E-state index contributed by atoms with van der Waals surface area (Å²) in [7, 11) is 2.06. The summed E-state index contributed by atoms with van der Waals surface area (Å²) in [6.45, 7) is 1.49. The number of hydrogen-bond acceptors (Lipinski definition) is 6. The van der Waals surface area contributed by atoms with Gasteiger partial charge in [-0.2, -0.15) is 0 Å². The maximum absolute atomic E-state index is 11.1. The number of anilines is 1. The van der Waals surface area contributed by atoms with E-state index in [1.165, 1.54) is 12.8 Å². The van der Waals surface area contributed by atoms with Gasteiger partial charge in [0.05, 0.1) is 4.92 Å². The van der Waals surface area contributed by atoms with Crippen LogP contribution in [0.5, 0.6) is 5.75 Å². The van der Waals surface area contributed by atoms with E-state index >= 15 is 0 Å². The molecule has 1 unspecified atom stereocenters. The number of rotatable bonds is 5. The van der Waals surface area contributed by atoms with Crippen LogP contribution in [0.15, 0.2) is 18.2 Å². The van der Waals surface area contributed by atoms with Crippen LogP contribution < -0.4 is 16.0 Å². The molecule has 1 aromatic rings. The number of nitro groups is 1. The van der Waals surface area contributed by atoms with Gasteiger partial charge in [0.2, 0.25) is 0 Å². The summed E-state index contributed by atoms with van der Waals surface area (Å²) in [4.78, 5) is 12.9. The van der Waals surface area contributed by atoms with E-state index in [1.807, 2.05) is 0 Å². The zero-order chi connectivity index (χ0) is 14.5. The lowest BCUT2D eigenvalue weighted by Gasteiger charge is -2.32. The minimum atomic E-state index is -0.477. The smallest absolute Gasteiger partial charge is 0.335 e. The van der Waals surface area contributed by atoms with Crippen LogP contribution >= 0.6 is 0 Å². The average Bonchev–Trinajstić information content (AvgIpc) is 2.45. The molecule has 2 rings (SSSR count). The predicted molar refractivity (Wildman–Crippen MR) is 76.7 cm³/mol. The lowest BCUT2D eigenvalue weighted by Crippen LogP contribution is -2.40. The second-order valence-corrected chi connectivity index (χ2v) is 4.99. The van der Waals surface area contributed by atoms with Gasteiger partial charge >= 0.3 is 5.69 Å². The molecule has 0 amide bonds. The van der Waals surface area contributed by atoms with Crippen LogP contribution in [0.4, 0.5) is 11.4 Å². The molecule has 0 saturated carbocycles. The first kappa shape index (κ1) is 14.5. The predicted octanol–water partition coefficient (Wildman–Crippen LogP) is 1.74. The number of piperidine rings is 1. The number of likely N-dealkylation sites (tertiary alicyclic amines) is 1. The molecule has 110 valence electrons. The average molecular weight is 280 g/mol. The molecular formula is C13H20N4O3. The van der Waals surface area contributed by atoms with Crippen LogP contribution in [0.1, 0.15) is 19.3 Å². The Kier molecular flexibility index (Phi) is 4.75. The molecule has 1 aromatic carbocycles. The molecule has 1 fully saturated rings. The summed E-state index contributed by atoms with van der Waals surface area (Å²) < 4.78 is 5.67. The Morgan fingerprint density at radius 3 is 3.00 bits per heavy atom. The molecule has 1 aliphatic rings. The largest absolute Gasteiger partial charge is 0.485 e. The van der Waals surface area contributed by atoms with Crippen LogP contribution in [-0.2, 0) is 0 Å². The number of hydrazine groups is 1. The van der Waals surface area contributed by atoms with Crippen molar-refractivity contribution in [2.24, 2.45) is 5.84 Å². The van der Waals surface area contributed by atoms with Crippen molar-refractivity contribution in [1.29, 1.82) is 0 Å². The molecule has 0 spiro atoms. The normalized spacial score (nSPS) is 19.6. The van der Waals surface area contributed by atoms with Crippen molar-refractivity contribution in [3.63, 3.8) is 0 Å². The molecule has 1 saturated heterocycles. The summed E-state index contributed by atoms with van der Waals surface area (Å²) in [5.74, 6) is 5.55. The minimum absolute atomic E-state index is 0.117. The Labute approximate surface area is 117 Å². The van der Waals surface area contributed by atoms with Crippen molar-refractivity contribution in [2.45, 2.75) is 25.3 Å². The van der Waals surface area contributed by atoms with E-state index in [-0.39, 0.29) is 17.1 Å².